The lowest BCUT2D eigenvalue weighted by Gasteiger charge is -2.05. The largest absolute Gasteiger partial charge is 0.385 e. The van der Waals surface area contributed by atoms with Crippen molar-refractivity contribution < 1.29 is 14.1 Å². The molecule has 6 nitrogen and oxygen atoms in total. The molecule has 0 saturated carbocycles. The number of carbonyl (C=O) groups excluding carboxylic acids is 1. The highest BCUT2D eigenvalue weighted by Gasteiger charge is 2.15. The molecule has 2 aromatic heterocycles. The Balaban J connectivity index is 2.14. The summed E-state index contributed by atoms with van der Waals surface area (Å²) in [6.07, 6.45) is 2.28. The van der Waals surface area contributed by atoms with Crippen LogP contribution in [0.25, 0.3) is 11.1 Å². The summed E-state index contributed by atoms with van der Waals surface area (Å²) in [6.45, 7) is 5.25. The van der Waals surface area contributed by atoms with Gasteiger partial charge in [0.1, 0.15) is 0 Å². The number of nitrogens with zero attached hydrogens (tertiary/aromatic N) is 2. The van der Waals surface area contributed by atoms with Crippen LogP contribution in [0.1, 0.15) is 42.2 Å². The number of hydrogen-bond acceptors (Lipinski definition) is 5. The average molecular weight is 277 g/mol. The Morgan fingerprint density at radius 1 is 1.50 bits per heavy atom. The van der Waals surface area contributed by atoms with Crippen molar-refractivity contribution in [3.8, 4) is 0 Å². The predicted molar refractivity (Wildman–Crippen MR) is 74.7 cm³/mol. The van der Waals surface area contributed by atoms with E-state index in [4.69, 9.17) is 9.26 Å². The molecule has 0 aromatic carbocycles. The number of hydrogen-bond donors (Lipinski definition) is 1. The highest BCUT2D eigenvalue weighted by molar-refractivity contribution is 5.97. The number of ether oxygens (including phenoxy) is 1. The number of nitrogens with one attached hydrogen (secondary N) is 1. The van der Waals surface area contributed by atoms with Crippen molar-refractivity contribution in [1.29, 1.82) is 0 Å². The van der Waals surface area contributed by atoms with Crippen molar-refractivity contribution in [2.45, 2.75) is 26.2 Å². The molecule has 6 heteroatoms. The Labute approximate surface area is 117 Å². The molecule has 0 saturated heterocycles. The van der Waals surface area contributed by atoms with Gasteiger partial charge in [0.2, 0.25) is 0 Å². The number of methoxy groups -OCH3 is 1. The first-order valence-corrected chi connectivity index (χ1v) is 6.66. The van der Waals surface area contributed by atoms with Crippen LogP contribution < -0.4 is 5.32 Å². The Kier molecular flexibility index (Phi) is 4.68. The molecule has 0 spiro atoms. The fourth-order valence-electron chi connectivity index (χ4n) is 1.91. The second-order valence-electron chi connectivity index (χ2n) is 4.90. The summed E-state index contributed by atoms with van der Waals surface area (Å²) >= 11 is 0. The number of aromatic nitrogens is 2. The van der Waals surface area contributed by atoms with Gasteiger partial charge >= 0.3 is 0 Å². The van der Waals surface area contributed by atoms with E-state index < -0.39 is 0 Å². The van der Waals surface area contributed by atoms with Gasteiger partial charge in [-0.1, -0.05) is 19.0 Å². The fourth-order valence-corrected chi connectivity index (χ4v) is 1.91. The summed E-state index contributed by atoms with van der Waals surface area (Å²) in [6, 6.07) is 1.78. The van der Waals surface area contributed by atoms with E-state index in [2.05, 4.69) is 15.5 Å². The molecule has 0 fully saturated rings. The fraction of sp³-hybridized carbons (Fsp3) is 0.500. The Hall–Kier alpha value is -1.95. The molecule has 1 amide bonds. The van der Waals surface area contributed by atoms with Crippen LogP contribution >= 0.6 is 0 Å². The van der Waals surface area contributed by atoms with Crippen molar-refractivity contribution in [2.75, 3.05) is 20.3 Å². The van der Waals surface area contributed by atoms with Crippen molar-refractivity contribution in [3.63, 3.8) is 0 Å². The van der Waals surface area contributed by atoms with Gasteiger partial charge in [0.25, 0.3) is 11.6 Å². The maximum atomic E-state index is 12.0. The molecule has 108 valence electrons. The molecule has 1 N–H and O–H groups in total. The lowest BCUT2D eigenvalue weighted by molar-refractivity contribution is 0.0948. The lowest BCUT2D eigenvalue weighted by atomic mass is 10.1. The third-order valence-electron chi connectivity index (χ3n) is 2.98. The minimum absolute atomic E-state index is 0.147. The minimum atomic E-state index is -0.147. The SMILES string of the molecule is COCCCNC(=O)c1cnc2onc(C(C)C)c2c1. The zero-order valence-electron chi connectivity index (χ0n) is 12.0. The summed E-state index contributed by atoms with van der Waals surface area (Å²) in [7, 11) is 1.64. The third kappa shape index (κ3) is 3.14. The van der Waals surface area contributed by atoms with E-state index in [-0.39, 0.29) is 11.8 Å². The zero-order chi connectivity index (χ0) is 14.5. The van der Waals surface area contributed by atoms with Crippen LogP contribution in [-0.2, 0) is 4.74 Å². The van der Waals surface area contributed by atoms with Gasteiger partial charge in [0, 0.05) is 26.5 Å². The van der Waals surface area contributed by atoms with E-state index in [9.17, 15) is 4.79 Å². The van der Waals surface area contributed by atoms with Crippen LogP contribution in [0.2, 0.25) is 0 Å². The van der Waals surface area contributed by atoms with Crippen LogP contribution in [0.5, 0.6) is 0 Å². The highest BCUT2D eigenvalue weighted by atomic mass is 16.5. The summed E-state index contributed by atoms with van der Waals surface area (Å²) in [5, 5.41) is 7.62. The van der Waals surface area contributed by atoms with E-state index in [1.54, 1.807) is 13.2 Å². The average Bonchev–Trinajstić information content (AvgIpc) is 2.86. The van der Waals surface area contributed by atoms with Gasteiger partial charge in [0.05, 0.1) is 16.6 Å². The first kappa shape index (κ1) is 14.5. The van der Waals surface area contributed by atoms with Gasteiger partial charge in [-0.25, -0.2) is 4.98 Å². The standard InChI is InChI=1S/C14H19N3O3/c1-9(2)12-11-7-10(8-16-14(11)20-17-12)13(18)15-5-4-6-19-3/h7-9H,4-6H2,1-3H3,(H,15,18). The van der Waals surface area contributed by atoms with E-state index in [0.717, 1.165) is 17.5 Å². The van der Waals surface area contributed by atoms with Crippen LogP contribution in [0.15, 0.2) is 16.8 Å². The predicted octanol–water partition coefficient (Wildman–Crippen LogP) is 2.11. The molecule has 0 bridgehead atoms. The topological polar surface area (TPSA) is 77.2 Å². The number of amides is 1. The lowest BCUT2D eigenvalue weighted by Crippen LogP contribution is -2.25. The molecular formula is C14H19N3O3. The monoisotopic (exact) mass is 277 g/mol. The molecule has 0 aliphatic rings. The summed E-state index contributed by atoms with van der Waals surface area (Å²) in [5.41, 5.74) is 1.80. The second kappa shape index (κ2) is 6.47. The quantitative estimate of drug-likeness (QED) is 0.818. The van der Waals surface area contributed by atoms with Crippen molar-refractivity contribution in [1.82, 2.24) is 15.5 Å². The molecule has 2 rings (SSSR count). The molecule has 0 atom stereocenters. The third-order valence-corrected chi connectivity index (χ3v) is 2.98. The molecule has 2 aromatic rings. The molecule has 0 aliphatic heterocycles. The zero-order valence-corrected chi connectivity index (χ0v) is 12.0. The normalized spacial score (nSPS) is 11.2. The summed E-state index contributed by atoms with van der Waals surface area (Å²) in [4.78, 5) is 16.1. The first-order chi connectivity index (χ1) is 9.63. The van der Waals surface area contributed by atoms with Gasteiger partial charge in [-0.15, -0.1) is 0 Å². The molecule has 0 radical (unpaired) electrons. The van der Waals surface area contributed by atoms with Gasteiger partial charge in [-0.05, 0) is 18.4 Å². The van der Waals surface area contributed by atoms with Crippen LogP contribution in [0, 0.1) is 0 Å². The van der Waals surface area contributed by atoms with Crippen LogP contribution in [-0.4, -0.2) is 36.3 Å². The Morgan fingerprint density at radius 2 is 2.30 bits per heavy atom. The number of pyridine rings is 1. The smallest absolute Gasteiger partial charge is 0.257 e. The van der Waals surface area contributed by atoms with Crippen LogP contribution in [0.3, 0.4) is 0 Å². The molecule has 0 unspecified atom stereocenters. The minimum Gasteiger partial charge on any atom is -0.385 e. The van der Waals surface area contributed by atoms with E-state index >= 15 is 0 Å². The van der Waals surface area contributed by atoms with Crippen molar-refractivity contribution in [2.24, 2.45) is 0 Å². The van der Waals surface area contributed by atoms with Crippen molar-refractivity contribution >= 4 is 17.0 Å². The molecule has 0 aliphatic carbocycles. The molecule has 20 heavy (non-hydrogen) atoms. The van der Waals surface area contributed by atoms with E-state index in [1.807, 2.05) is 13.8 Å². The Morgan fingerprint density at radius 3 is 3.00 bits per heavy atom. The number of fused-ring (bicyclic) bond motifs is 1. The maximum Gasteiger partial charge on any atom is 0.257 e. The summed E-state index contributed by atoms with van der Waals surface area (Å²) < 4.78 is 10.1. The van der Waals surface area contributed by atoms with Gasteiger partial charge < -0.3 is 14.6 Å². The number of rotatable bonds is 6. The van der Waals surface area contributed by atoms with E-state index in [1.165, 1.54) is 6.20 Å². The first-order valence-electron chi connectivity index (χ1n) is 6.66. The van der Waals surface area contributed by atoms with Gasteiger partial charge in [0.15, 0.2) is 0 Å². The van der Waals surface area contributed by atoms with Gasteiger partial charge in [-0.2, -0.15) is 0 Å². The summed E-state index contributed by atoms with van der Waals surface area (Å²) in [5.74, 6) is 0.0736. The Bertz CT molecular complexity index is 592. The van der Waals surface area contributed by atoms with Crippen LogP contribution in [0.4, 0.5) is 0 Å². The van der Waals surface area contributed by atoms with Crippen molar-refractivity contribution in [3.05, 3.63) is 23.5 Å². The van der Waals surface area contributed by atoms with E-state index in [0.29, 0.717) is 24.4 Å². The number of carbonyl (C=O) groups is 1. The highest BCUT2D eigenvalue weighted by Crippen LogP contribution is 2.23. The van der Waals surface area contributed by atoms with Gasteiger partial charge in [-0.3, -0.25) is 4.79 Å². The second-order valence-corrected chi connectivity index (χ2v) is 4.90. The molecule has 2 heterocycles. The maximum absolute atomic E-state index is 12.0. The molecular weight excluding hydrogens is 258 g/mol.